The van der Waals surface area contributed by atoms with E-state index >= 15 is 0 Å². The highest BCUT2D eigenvalue weighted by atomic mass is 16.5. The smallest absolute Gasteiger partial charge is 0.306 e. The van der Waals surface area contributed by atoms with Crippen LogP contribution in [0.2, 0.25) is 0 Å². The molecule has 6 heteroatoms. The number of carbonyl (C=O) groups excluding carboxylic acids is 1. The third-order valence-electron chi connectivity index (χ3n) is 4.49. The molecule has 2 aromatic rings. The fourth-order valence-corrected chi connectivity index (χ4v) is 3.06. The summed E-state index contributed by atoms with van der Waals surface area (Å²) >= 11 is 0. The van der Waals surface area contributed by atoms with Gasteiger partial charge >= 0.3 is 5.97 Å². The Balaban J connectivity index is 2.58. The first kappa shape index (κ1) is 19.6. The van der Waals surface area contributed by atoms with Crippen molar-refractivity contribution < 1.29 is 14.6 Å². The molecule has 6 nitrogen and oxygen atoms in total. The zero-order chi connectivity index (χ0) is 19.1. The lowest BCUT2D eigenvalue weighted by atomic mass is 9.84. The summed E-state index contributed by atoms with van der Waals surface area (Å²) in [4.78, 5) is 12.0. The lowest BCUT2D eigenvalue weighted by molar-refractivity contribution is -0.140. The largest absolute Gasteiger partial charge is 0.469 e. The van der Waals surface area contributed by atoms with Crippen LogP contribution in [0.1, 0.15) is 45.7 Å². The third kappa shape index (κ3) is 4.27. The van der Waals surface area contributed by atoms with Gasteiger partial charge in [0.15, 0.2) is 0 Å². The van der Waals surface area contributed by atoms with Crippen molar-refractivity contribution in [1.82, 2.24) is 0 Å². The van der Waals surface area contributed by atoms with Crippen LogP contribution in [-0.2, 0) is 29.2 Å². The second-order valence-corrected chi connectivity index (χ2v) is 5.95. The fraction of sp³-hybridized carbons (Fsp3) is 0.300. The molecule has 0 fully saturated rings. The molecular weight excluding hydrogens is 330 g/mol. The Morgan fingerprint density at radius 2 is 1.88 bits per heavy atom. The third-order valence-corrected chi connectivity index (χ3v) is 4.49. The molecule has 0 radical (unpaired) electrons. The Labute approximate surface area is 153 Å². The van der Waals surface area contributed by atoms with Crippen LogP contribution in [0.15, 0.2) is 36.4 Å². The Hall–Kier alpha value is -2.72. The number of rotatable bonds is 7. The van der Waals surface area contributed by atoms with E-state index in [1.54, 1.807) is 12.1 Å². The number of aliphatic hydroxyl groups is 1. The van der Waals surface area contributed by atoms with Crippen LogP contribution in [0.3, 0.4) is 0 Å². The van der Waals surface area contributed by atoms with Crippen LogP contribution >= 0.6 is 0 Å². The summed E-state index contributed by atoms with van der Waals surface area (Å²) in [5, 5.41) is 18.7. The quantitative estimate of drug-likeness (QED) is 0.651. The van der Waals surface area contributed by atoms with E-state index < -0.39 is 0 Å². The SMILES string of the molecule is COC(=O)CC(c1ccc(CN)c(CO)c1)c1ccc(C#N)cc1CN. The molecule has 0 saturated carbocycles. The number of benzene rings is 2. The van der Waals surface area contributed by atoms with Crippen LogP contribution in [0.5, 0.6) is 0 Å². The molecule has 1 unspecified atom stereocenters. The molecule has 0 aliphatic heterocycles. The van der Waals surface area contributed by atoms with Gasteiger partial charge in [-0.15, -0.1) is 0 Å². The van der Waals surface area contributed by atoms with E-state index in [9.17, 15) is 9.90 Å². The van der Waals surface area contributed by atoms with Gasteiger partial charge in [-0.25, -0.2) is 0 Å². The highest BCUT2D eigenvalue weighted by molar-refractivity contribution is 5.71. The number of methoxy groups -OCH3 is 1. The lowest BCUT2D eigenvalue weighted by Crippen LogP contribution is -2.14. The molecule has 0 bridgehead atoms. The first-order chi connectivity index (χ1) is 12.6. The highest BCUT2D eigenvalue weighted by Crippen LogP contribution is 2.32. The Bertz CT molecular complexity index is 828. The number of carbonyl (C=O) groups is 1. The Morgan fingerprint density at radius 1 is 1.15 bits per heavy atom. The van der Waals surface area contributed by atoms with Gasteiger partial charge in [-0.2, -0.15) is 5.26 Å². The minimum Gasteiger partial charge on any atom is -0.469 e. The van der Waals surface area contributed by atoms with Crippen LogP contribution in [0.25, 0.3) is 0 Å². The van der Waals surface area contributed by atoms with Gasteiger partial charge in [-0.05, 0) is 39.9 Å². The topological polar surface area (TPSA) is 122 Å². The standard InChI is InChI=1S/C20H23N3O3/c1-26-20(25)8-19(14-3-4-15(10-22)17(7-14)12-24)18-5-2-13(9-21)6-16(18)11-23/h2-7,19,24H,8,10-12,22-23H2,1H3. The summed E-state index contributed by atoms with van der Waals surface area (Å²) in [6, 6.07) is 13.0. The van der Waals surface area contributed by atoms with Crippen molar-refractivity contribution in [3.05, 3.63) is 69.8 Å². The number of nitrogens with two attached hydrogens (primary N) is 2. The van der Waals surface area contributed by atoms with E-state index in [2.05, 4.69) is 6.07 Å². The average molecular weight is 353 g/mol. The summed E-state index contributed by atoms with van der Waals surface area (Å²) in [5.41, 5.74) is 16.2. The summed E-state index contributed by atoms with van der Waals surface area (Å²) in [5.74, 6) is -0.651. The number of nitrogens with zero attached hydrogens (tertiary/aromatic N) is 1. The molecule has 26 heavy (non-hydrogen) atoms. The van der Waals surface area contributed by atoms with E-state index in [1.165, 1.54) is 7.11 Å². The van der Waals surface area contributed by atoms with Gasteiger partial charge in [0.25, 0.3) is 0 Å². The molecular formula is C20H23N3O3. The van der Waals surface area contributed by atoms with E-state index in [0.717, 1.165) is 27.8 Å². The number of nitriles is 1. The van der Waals surface area contributed by atoms with E-state index in [4.69, 9.17) is 21.5 Å². The fourth-order valence-electron chi connectivity index (χ4n) is 3.06. The van der Waals surface area contributed by atoms with Crippen molar-refractivity contribution in [3.63, 3.8) is 0 Å². The van der Waals surface area contributed by atoms with Gasteiger partial charge in [-0.1, -0.05) is 24.3 Å². The monoisotopic (exact) mass is 353 g/mol. The van der Waals surface area contributed by atoms with Gasteiger partial charge < -0.3 is 21.3 Å². The minimum atomic E-state index is -0.351. The van der Waals surface area contributed by atoms with Gasteiger partial charge in [0.2, 0.25) is 0 Å². The summed E-state index contributed by atoms with van der Waals surface area (Å²) < 4.78 is 4.85. The molecule has 2 rings (SSSR count). The average Bonchev–Trinajstić information content (AvgIpc) is 2.70. The summed E-state index contributed by atoms with van der Waals surface area (Å²) in [6.07, 6.45) is 0.127. The molecule has 0 aliphatic carbocycles. The molecule has 5 N–H and O–H groups in total. The van der Waals surface area contributed by atoms with Crippen LogP contribution in [-0.4, -0.2) is 18.2 Å². The van der Waals surface area contributed by atoms with Crippen molar-refractivity contribution in [1.29, 1.82) is 5.26 Å². The van der Waals surface area contributed by atoms with Crippen LogP contribution < -0.4 is 11.5 Å². The summed E-state index contributed by atoms with van der Waals surface area (Å²) in [6.45, 7) is 0.432. The first-order valence-electron chi connectivity index (χ1n) is 8.30. The van der Waals surface area contributed by atoms with E-state index in [1.807, 2.05) is 24.3 Å². The molecule has 2 aromatic carbocycles. The van der Waals surface area contributed by atoms with Crippen molar-refractivity contribution in [3.8, 4) is 6.07 Å². The number of hydrogen-bond acceptors (Lipinski definition) is 6. The van der Waals surface area contributed by atoms with E-state index in [0.29, 0.717) is 12.1 Å². The Morgan fingerprint density at radius 3 is 2.46 bits per heavy atom. The van der Waals surface area contributed by atoms with Crippen molar-refractivity contribution in [2.75, 3.05) is 7.11 Å². The maximum Gasteiger partial charge on any atom is 0.306 e. The van der Waals surface area contributed by atoms with Gasteiger partial charge in [-0.3, -0.25) is 4.79 Å². The number of ether oxygens (including phenoxy) is 1. The maximum atomic E-state index is 12.0. The summed E-state index contributed by atoms with van der Waals surface area (Å²) in [7, 11) is 1.35. The van der Waals surface area contributed by atoms with Crippen molar-refractivity contribution >= 4 is 5.97 Å². The van der Waals surface area contributed by atoms with Gasteiger partial charge in [0.1, 0.15) is 0 Å². The molecule has 0 heterocycles. The van der Waals surface area contributed by atoms with Crippen LogP contribution in [0, 0.1) is 11.3 Å². The number of aliphatic hydroxyl groups excluding tert-OH is 1. The molecule has 0 amide bonds. The molecule has 1 atom stereocenters. The first-order valence-corrected chi connectivity index (χ1v) is 8.30. The maximum absolute atomic E-state index is 12.0. The molecule has 0 aromatic heterocycles. The van der Waals surface area contributed by atoms with Gasteiger partial charge in [0, 0.05) is 19.0 Å². The zero-order valence-corrected chi connectivity index (χ0v) is 14.7. The van der Waals surface area contributed by atoms with Crippen molar-refractivity contribution in [2.24, 2.45) is 11.5 Å². The molecule has 0 spiro atoms. The predicted molar refractivity (Wildman–Crippen MR) is 97.8 cm³/mol. The molecule has 0 aliphatic rings. The second-order valence-electron chi connectivity index (χ2n) is 5.95. The van der Waals surface area contributed by atoms with E-state index in [-0.39, 0.29) is 31.5 Å². The van der Waals surface area contributed by atoms with Crippen LogP contribution in [0.4, 0.5) is 0 Å². The normalized spacial score (nSPS) is 11.7. The molecule has 136 valence electrons. The number of hydrogen-bond donors (Lipinski definition) is 3. The zero-order valence-electron chi connectivity index (χ0n) is 14.7. The second kappa shape index (κ2) is 9.11. The highest BCUT2D eigenvalue weighted by Gasteiger charge is 2.22. The van der Waals surface area contributed by atoms with Gasteiger partial charge in [0.05, 0.1) is 31.8 Å². The van der Waals surface area contributed by atoms with Crippen molar-refractivity contribution in [2.45, 2.75) is 32.0 Å². The molecule has 0 saturated heterocycles. The number of esters is 1. The Kier molecular flexibility index (Phi) is 6.87. The minimum absolute atomic E-state index is 0.127. The lowest BCUT2D eigenvalue weighted by Gasteiger charge is -2.21. The predicted octanol–water partition coefficient (Wildman–Crippen LogP) is 1.66.